The first-order chi connectivity index (χ1) is 11.1. The van der Waals surface area contributed by atoms with Gasteiger partial charge in [0.2, 0.25) is 5.91 Å². The molecule has 1 fully saturated rings. The standard InChI is InChI=1S/C19H20BrNO2/c1-21(12-13-3-9-16(23-2)10-4-13)19(22)18-11-17(18)14-5-7-15(20)8-6-14/h3-10,17-18H,11-12H2,1-2H3. The van der Waals surface area contributed by atoms with Crippen LogP contribution in [0.3, 0.4) is 0 Å². The molecule has 1 amide bonds. The zero-order valence-corrected chi connectivity index (χ0v) is 14.9. The number of carbonyl (C=O) groups excluding carboxylic acids is 1. The third-order valence-electron chi connectivity index (χ3n) is 4.36. The van der Waals surface area contributed by atoms with E-state index in [2.05, 4.69) is 28.1 Å². The van der Waals surface area contributed by atoms with Gasteiger partial charge in [0.1, 0.15) is 5.75 Å². The minimum Gasteiger partial charge on any atom is -0.497 e. The minimum atomic E-state index is 0.124. The molecular formula is C19H20BrNO2. The summed E-state index contributed by atoms with van der Waals surface area (Å²) < 4.78 is 6.23. The molecule has 0 aliphatic heterocycles. The van der Waals surface area contributed by atoms with Crippen molar-refractivity contribution in [2.45, 2.75) is 18.9 Å². The monoisotopic (exact) mass is 373 g/mol. The van der Waals surface area contributed by atoms with Gasteiger partial charge < -0.3 is 9.64 Å². The average molecular weight is 374 g/mol. The van der Waals surface area contributed by atoms with Crippen molar-refractivity contribution in [3.05, 3.63) is 64.1 Å². The molecule has 0 saturated heterocycles. The van der Waals surface area contributed by atoms with Crippen LogP contribution < -0.4 is 4.74 Å². The van der Waals surface area contributed by atoms with Crippen LogP contribution in [0.15, 0.2) is 53.0 Å². The first-order valence-corrected chi connectivity index (χ1v) is 8.51. The molecule has 0 N–H and O–H groups in total. The number of hydrogen-bond acceptors (Lipinski definition) is 2. The Morgan fingerprint density at radius 1 is 1.17 bits per heavy atom. The van der Waals surface area contributed by atoms with E-state index in [1.165, 1.54) is 5.56 Å². The van der Waals surface area contributed by atoms with E-state index in [0.717, 1.165) is 22.2 Å². The predicted octanol–water partition coefficient (Wildman–Crippen LogP) is 4.22. The number of benzene rings is 2. The Balaban J connectivity index is 1.58. The van der Waals surface area contributed by atoms with Gasteiger partial charge in [0.15, 0.2) is 0 Å². The molecule has 0 bridgehead atoms. The predicted molar refractivity (Wildman–Crippen MR) is 94.5 cm³/mol. The van der Waals surface area contributed by atoms with E-state index in [9.17, 15) is 4.79 Å². The molecule has 0 spiro atoms. The molecule has 3 nitrogen and oxygen atoms in total. The summed E-state index contributed by atoms with van der Waals surface area (Å²) in [7, 11) is 3.53. The van der Waals surface area contributed by atoms with E-state index in [1.54, 1.807) is 7.11 Å². The molecule has 0 radical (unpaired) electrons. The molecule has 1 aliphatic carbocycles. The van der Waals surface area contributed by atoms with Gasteiger partial charge in [-0.05, 0) is 47.7 Å². The molecule has 1 aliphatic rings. The summed E-state index contributed by atoms with van der Waals surface area (Å²) in [5, 5.41) is 0. The number of rotatable bonds is 5. The van der Waals surface area contributed by atoms with Crippen molar-refractivity contribution in [3.63, 3.8) is 0 Å². The van der Waals surface area contributed by atoms with E-state index < -0.39 is 0 Å². The quantitative estimate of drug-likeness (QED) is 0.784. The van der Waals surface area contributed by atoms with E-state index in [4.69, 9.17) is 4.74 Å². The highest BCUT2D eigenvalue weighted by Crippen LogP contribution is 2.48. The lowest BCUT2D eigenvalue weighted by molar-refractivity contribution is -0.131. The molecule has 2 unspecified atom stereocenters. The van der Waals surface area contributed by atoms with Crippen LogP contribution >= 0.6 is 15.9 Å². The highest BCUT2D eigenvalue weighted by Gasteiger charge is 2.45. The number of halogens is 1. The number of methoxy groups -OCH3 is 1. The highest BCUT2D eigenvalue weighted by molar-refractivity contribution is 9.10. The van der Waals surface area contributed by atoms with Crippen LogP contribution in [0.2, 0.25) is 0 Å². The maximum atomic E-state index is 12.6. The van der Waals surface area contributed by atoms with E-state index >= 15 is 0 Å². The molecule has 2 aromatic carbocycles. The van der Waals surface area contributed by atoms with Crippen molar-refractivity contribution < 1.29 is 9.53 Å². The molecular weight excluding hydrogens is 354 g/mol. The summed E-state index contributed by atoms with van der Waals surface area (Å²) in [6.07, 6.45) is 0.952. The molecule has 1 saturated carbocycles. The zero-order valence-electron chi connectivity index (χ0n) is 13.3. The lowest BCUT2D eigenvalue weighted by atomic mass is 10.1. The smallest absolute Gasteiger partial charge is 0.226 e. The Labute approximate surface area is 145 Å². The maximum Gasteiger partial charge on any atom is 0.226 e. The summed E-state index contributed by atoms with van der Waals surface area (Å²) in [5.41, 5.74) is 2.37. The summed E-state index contributed by atoms with van der Waals surface area (Å²) in [5.74, 6) is 1.56. The molecule has 23 heavy (non-hydrogen) atoms. The average Bonchev–Trinajstić information content (AvgIpc) is 3.36. The van der Waals surface area contributed by atoms with Gasteiger partial charge in [-0.1, -0.05) is 40.2 Å². The van der Waals surface area contributed by atoms with Gasteiger partial charge in [-0.3, -0.25) is 4.79 Å². The van der Waals surface area contributed by atoms with Gasteiger partial charge in [-0.15, -0.1) is 0 Å². The second-order valence-corrected chi connectivity index (χ2v) is 6.96. The fourth-order valence-electron chi connectivity index (χ4n) is 2.91. The minimum absolute atomic E-state index is 0.124. The van der Waals surface area contributed by atoms with Crippen LogP contribution in [0, 0.1) is 5.92 Å². The Hall–Kier alpha value is -1.81. The number of amides is 1. The largest absolute Gasteiger partial charge is 0.497 e. The van der Waals surface area contributed by atoms with Crippen LogP contribution in [-0.2, 0) is 11.3 Å². The van der Waals surface area contributed by atoms with Gasteiger partial charge in [0.25, 0.3) is 0 Å². The van der Waals surface area contributed by atoms with Crippen molar-refractivity contribution in [1.29, 1.82) is 0 Å². The normalized spacial score (nSPS) is 19.3. The Morgan fingerprint density at radius 3 is 2.43 bits per heavy atom. The van der Waals surface area contributed by atoms with E-state index in [-0.39, 0.29) is 11.8 Å². The van der Waals surface area contributed by atoms with Gasteiger partial charge >= 0.3 is 0 Å². The Kier molecular flexibility index (Phi) is 4.71. The zero-order chi connectivity index (χ0) is 16.4. The Morgan fingerprint density at radius 2 is 1.83 bits per heavy atom. The molecule has 3 rings (SSSR count). The molecule has 0 aromatic heterocycles. The highest BCUT2D eigenvalue weighted by atomic mass is 79.9. The molecule has 2 aromatic rings. The van der Waals surface area contributed by atoms with Gasteiger partial charge in [0, 0.05) is 24.0 Å². The van der Waals surface area contributed by atoms with Crippen molar-refractivity contribution in [2.75, 3.05) is 14.2 Å². The van der Waals surface area contributed by atoms with Crippen LogP contribution in [0.25, 0.3) is 0 Å². The Bertz CT molecular complexity index is 682. The van der Waals surface area contributed by atoms with E-state index in [1.807, 2.05) is 48.3 Å². The number of carbonyl (C=O) groups is 1. The fraction of sp³-hybridized carbons (Fsp3) is 0.316. The van der Waals surface area contributed by atoms with Gasteiger partial charge in [0.05, 0.1) is 7.11 Å². The SMILES string of the molecule is COc1ccc(CN(C)C(=O)C2CC2c2ccc(Br)cc2)cc1. The van der Waals surface area contributed by atoms with Crippen molar-refractivity contribution >= 4 is 21.8 Å². The molecule has 4 heteroatoms. The van der Waals surface area contributed by atoms with Crippen LogP contribution in [0.1, 0.15) is 23.5 Å². The lowest BCUT2D eigenvalue weighted by Crippen LogP contribution is -2.28. The van der Waals surface area contributed by atoms with Crippen molar-refractivity contribution in [2.24, 2.45) is 5.92 Å². The number of hydrogen-bond donors (Lipinski definition) is 0. The third-order valence-corrected chi connectivity index (χ3v) is 4.89. The summed E-state index contributed by atoms with van der Waals surface area (Å²) in [4.78, 5) is 14.4. The second-order valence-electron chi connectivity index (χ2n) is 6.04. The number of ether oxygens (including phenoxy) is 1. The van der Waals surface area contributed by atoms with Crippen LogP contribution in [0.5, 0.6) is 5.75 Å². The van der Waals surface area contributed by atoms with Crippen molar-refractivity contribution in [3.8, 4) is 5.75 Å². The summed E-state index contributed by atoms with van der Waals surface area (Å²) in [6, 6.07) is 16.1. The summed E-state index contributed by atoms with van der Waals surface area (Å²) >= 11 is 3.45. The topological polar surface area (TPSA) is 29.5 Å². The fourth-order valence-corrected chi connectivity index (χ4v) is 3.18. The van der Waals surface area contributed by atoms with Gasteiger partial charge in [-0.2, -0.15) is 0 Å². The lowest BCUT2D eigenvalue weighted by Gasteiger charge is -2.17. The first-order valence-electron chi connectivity index (χ1n) is 7.72. The van der Waals surface area contributed by atoms with E-state index in [0.29, 0.717) is 12.5 Å². The van der Waals surface area contributed by atoms with Crippen molar-refractivity contribution in [1.82, 2.24) is 4.90 Å². The first kappa shape index (κ1) is 16.1. The van der Waals surface area contributed by atoms with Crippen LogP contribution in [0.4, 0.5) is 0 Å². The third kappa shape index (κ3) is 3.75. The van der Waals surface area contributed by atoms with Crippen LogP contribution in [-0.4, -0.2) is 25.0 Å². The molecule has 2 atom stereocenters. The summed E-state index contributed by atoms with van der Waals surface area (Å²) in [6.45, 7) is 0.631. The van der Waals surface area contributed by atoms with Gasteiger partial charge in [-0.25, -0.2) is 0 Å². The molecule has 120 valence electrons. The number of nitrogens with zero attached hydrogens (tertiary/aromatic N) is 1. The maximum absolute atomic E-state index is 12.6. The second kappa shape index (κ2) is 6.75. The molecule has 0 heterocycles.